The molecule has 4 heteroatoms. The van der Waals surface area contributed by atoms with Crippen LogP contribution in [0.4, 0.5) is 4.39 Å². The normalized spacial score (nSPS) is 14.6. The van der Waals surface area contributed by atoms with Gasteiger partial charge in [0.15, 0.2) is 0 Å². The van der Waals surface area contributed by atoms with Gasteiger partial charge in [-0.3, -0.25) is 9.78 Å². The third kappa shape index (κ3) is 2.43. The van der Waals surface area contributed by atoms with Crippen molar-refractivity contribution in [1.82, 2.24) is 10.3 Å². The monoisotopic (exact) mass is 258 g/mol. The molecule has 0 unspecified atom stereocenters. The largest absolute Gasteiger partial charge is 0.349 e. The highest BCUT2D eigenvalue weighted by Crippen LogP contribution is 2.22. The summed E-state index contributed by atoms with van der Waals surface area (Å²) in [4.78, 5) is 16.6. The van der Waals surface area contributed by atoms with Gasteiger partial charge < -0.3 is 5.32 Å². The topological polar surface area (TPSA) is 42.0 Å². The van der Waals surface area contributed by atoms with Crippen LogP contribution in [-0.4, -0.2) is 16.9 Å². The summed E-state index contributed by atoms with van der Waals surface area (Å²) in [5.41, 5.74) is 1.92. The molecule has 0 bridgehead atoms. The van der Waals surface area contributed by atoms with Crippen molar-refractivity contribution in [2.75, 3.05) is 0 Å². The second kappa shape index (κ2) is 4.61. The summed E-state index contributed by atoms with van der Waals surface area (Å²) in [5, 5.41) is 3.76. The zero-order valence-electron chi connectivity index (χ0n) is 10.7. The van der Waals surface area contributed by atoms with Crippen LogP contribution in [-0.2, 0) is 6.42 Å². The fourth-order valence-electron chi connectivity index (χ4n) is 2.14. The molecule has 2 aromatic rings. The average molecular weight is 258 g/mol. The molecule has 19 heavy (non-hydrogen) atoms. The Labute approximate surface area is 110 Å². The molecular formula is C15H15FN2O. The lowest BCUT2D eigenvalue weighted by Gasteiger charge is -2.09. The second-order valence-electron chi connectivity index (χ2n) is 4.92. The van der Waals surface area contributed by atoms with Crippen molar-refractivity contribution in [2.24, 2.45) is 0 Å². The molecule has 1 aromatic heterocycles. The molecule has 3 rings (SSSR count). The Morgan fingerprint density at radius 3 is 2.89 bits per heavy atom. The number of rotatable bonds is 3. The van der Waals surface area contributed by atoms with Crippen LogP contribution in [0.5, 0.6) is 0 Å². The number of amides is 1. The molecule has 1 fully saturated rings. The summed E-state index contributed by atoms with van der Waals surface area (Å²) in [7, 11) is 0. The molecule has 98 valence electrons. The Kier molecular flexibility index (Phi) is 2.93. The van der Waals surface area contributed by atoms with E-state index in [0.29, 0.717) is 23.5 Å². The minimum absolute atomic E-state index is 0.0712. The molecule has 1 amide bonds. The molecule has 0 saturated heterocycles. The first kappa shape index (κ1) is 12.1. The molecule has 1 aliphatic carbocycles. The average Bonchev–Trinajstić information content (AvgIpc) is 3.20. The van der Waals surface area contributed by atoms with Gasteiger partial charge in [-0.15, -0.1) is 0 Å². The Hall–Kier alpha value is -1.97. The number of nitrogens with one attached hydrogen (secondary N) is 1. The van der Waals surface area contributed by atoms with Crippen LogP contribution in [0.2, 0.25) is 0 Å². The molecule has 0 spiro atoms. The predicted octanol–water partition coefficient (Wildman–Crippen LogP) is 2.83. The lowest BCUT2D eigenvalue weighted by molar-refractivity contribution is 0.0950. The fourth-order valence-corrected chi connectivity index (χ4v) is 2.14. The molecule has 1 aromatic carbocycles. The smallest absolute Gasteiger partial charge is 0.253 e. The van der Waals surface area contributed by atoms with Crippen molar-refractivity contribution < 1.29 is 9.18 Å². The maximum Gasteiger partial charge on any atom is 0.253 e. The first-order valence-electron chi connectivity index (χ1n) is 6.57. The van der Waals surface area contributed by atoms with E-state index < -0.39 is 0 Å². The number of benzene rings is 1. The first-order chi connectivity index (χ1) is 9.17. The molecular weight excluding hydrogens is 243 g/mol. The first-order valence-corrected chi connectivity index (χ1v) is 6.57. The summed E-state index contributed by atoms with van der Waals surface area (Å²) in [6.45, 7) is 1.95. The van der Waals surface area contributed by atoms with Crippen LogP contribution in [0.15, 0.2) is 24.3 Å². The van der Waals surface area contributed by atoms with E-state index in [1.54, 1.807) is 12.1 Å². The number of aryl methyl sites for hydroxylation is 1. The van der Waals surface area contributed by atoms with Gasteiger partial charge in [0.1, 0.15) is 5.82 Å². The SMILES string of the molecule is CCc1nc2cc(F)ccc2cc1C(=O)NC1CC1. The fraction of sp³-hybridized carbons (Fsp3) is 0.333. The van der Waals surface area contributed by atoms with Crippen molar-refractivity contribution >= 4 is 16.8 Å². The summed E-state index contributed by atoms with van der Waals surface area (Å²) in [6.07, 6.45) is 2.76. The van der Waals surface area contributed by atoms with Gasteiger partial charge in [-0.1, -0.05) is 6.92 Å². The molecule has 1 aliphatic rings. The van der Waals surface area contributed by atoms with Gasteiger partial charge in [0, 0.05) is 17.5 Å². The van der Waals surface area contributed by atoms with Gasteiger partial charge in [0.05, 0.1) is 16.8 Å². The van der Waals surface area contributed by atoms with E-state index in [1.165, 1.54) is 12.1 Å². The maximum atomic E-state index is 13.2. The highest BCUT2D eigenvalue weighted by Gasteiger charge is 2.25. The lowest BCUT2D eigenvalue weighted by Crippen LogP contribution is -2.26. The third-order valence-corrected chi connectivity index (χ3v) is 3.35. The standard InChI is InChI=1S/C15H15FN2O/c1-2-13-12(15(19)17-11-5-6-11)7-9-3-4-10(16)8-14(9)18-13/h3-4,7-8,11H,2,5-6H2,1H3,(H,17,19). The number of nitrogens with zero attached hydrogens (tertiary/aromatic N) is 1. The van der Waals surface area contributed by atoms with Crippen molar-refractivity contribution in [2.45, 2.75) is 32.2 Å². The van der Waals surface area contributed by atoms with Gasteiger partial charge in [0.2, 0.25) is 0 Å². The van der Waals surface area contributed by atoms with Crippen LogP contribution in [0.1, 0.15) is 35.8 Å². The van der Waals surface area contributed by atoms with Crippen LogP contribution >= 0.6 is 0 Å². The molecule has 0 aliphatic heterocycles. The number of aromatic nitrogens is 1. The molecule has 3 nitrogen and oxygen atoms in total. The number of fused-ring (bicyclic) bond motifs is 1. The highest BCUT2D eigenvalue weighted by atomic mass is 19.1. The number of carbonyl (C=O) groups excluding carboxylic acids is 1. The Morgan fingerprint density at radius 1 is 1.42 bits per heavy atom. The summed E-state index contributed by atoms with van der Waals surface area (Å²) in [5.74, 6) is -0.379. The second-order valence-corrected chi connectivity index (χ2v) is 4.92. The van der Waals surface area contributed by atoms with Crippen LogP contribution in [0.3, 0.4) is 0 Å². The van der Waals surface area contributed by atoms with Gasteiger partial charge in [-0.25, -0.2) is 4.39 Å². The maximum absolute atomic E-state index is 13.2. The van der Waals surface area contributed by atoms with Crippen molar-refractivity contribution in [3.8, 4) is 0 Å². The van der Waals surface area contributed by atoms with E-state index in [-0.39, 0.29) is 11.7 Å². The third-order valence-electron chi connectivity index (χ3n) is 3.35. The summed E-state index contributed by atoms with van der Waals surface area (Å²) >= 11 is 0. The van der Waals surface area contributed by atoms with Gasteiger partial charge in [0.25, 0.3) is 5.91 Å². The van der Waals surface area contributed by atoms with Crippen molar-refractivity contribution in [1.29, 1.82) is 0 Å². The minimum Gasteiger partial charge on any atom is -0.349 e. The highest BCUT2D eigenvalue weighted by molar-refractivity contribution is 5.99. The van der Waals surface area contributed by atoms with E-state index in [1.807, 2.05) is 6.92 Å². The van der Waals surface area contributed by atoms with E-state index in [4.69, 9.17) is 0 Å². The quantitative estimate of drug-likeness (QED) is 0.919. The molecule has 1 N–H and O–H groups in total. The van der Waals surface area contributed by atoms with E-state index in [2.05, 4.69) is 10.3 Å². The van der Waals surface area contributed by atoms with E-state index >= 15 is 0 Å². The molecule has 0 atom stereocenters. The van der Waals surface area contributed by atoms with Crippen LogP contribution in [0, 0.1) is 5.82 Å². The number of hydrogen-bond acceptors (Lipinski definition) is 2. The van der Waals surface area contributed by atoms with Crippen molar-refractivity contribution in [3.05, 3.63) is 41.3 Å². The van der Waals surface area contributed by atoms with Gasteiger partial charge in [-0.2, -0.15) is 0 Å². The van der Waals surface area contributed by atoms with E-state index in [0.717, 1.165) is 23.9 Å². The van der Waals surface area contributed by atoms with Gasteiger partial charge >= 0.3 is 0 Å². The Bertz CT molecular complexity index is 650. The predicted molar refractivity (Wildman–Crippen MR) is 71.6 cm³/mol. The molecule has 1 saturated carbocycles. The summed E-state index contributed by atoms with van der Waals surface area (Å²) < 4.78 is 13.2. The number of halogens is 1. The van der Waals surface area contributed by atoms with Crippen molar-refractivity contribution in [3.63, 3.8) is 0 Å². The lowest BCUT2D eigenvalue weighted by atomic mass is 10.1. The number of hydrogen-bond donors (Lipinski definition) is 1. The zero-order chi connectivity index (χ0) is 13.4. The minimum atomic E-state index is -0.308. The zero-order valence-corrected chi connectivity index (χ0v) is 10.7. The summed E-state index contributed by atoms with van der Waals surface area (Å²) in [6, 6.07) is 6.57. The molecule has 0 radical (unpaired) electrons. The van der Waals surface area contributed by atoms with Crippen LogP contribution < -0.4 is 5.32 Å². The molecule has 1 heterocycles. The van der Waals surface area contributed by atoms with Gasteiger partial charge in [-0.05, 0) is 37.5 Å². The number of carbonyl (C=O) groups is 1. The number of pyridine rings is 1. The van der Waals surface area contributed by atoms with Crippen LogP contribution in [0.25, 0.3) is 10.9 Å². The Balaban J connectivity index is 2.06. The van der Waals surface area contributed by atoms with E-state index in [9.17, 15) is 9.18 Å². The Morgan fingerprint density at radius 2 is 2.21 bits per heavy atom.